The van der Waals surface area contributed by atoms with Crippen molar-refractivity contribution in [3.05, 3.63) is 0 Å². The van der Waals surface area contributed by atoms with Crippen LogP contribution in [0, 0.1) is 0 Å². The van der Waals surface area contributed by atoms with Gasteiger partial charge in [-0.25, -0.2) is 4.99 Å². The van der Waals surface area contributed by atoms with Gasteiger partial charge in [0.2, 0.25) is 6.41 Å². The molecule has 1 amide bonds. The molecule has 0 aromatic carbocycles. The van der Waals surface area contributed by atoms with Crippen LogP contribution in [0.3, 0.4) is 0 Å². The summed E-state index contributed by atoms with van der Waals surface area (Å²) in [5.74, 6) is 1.41. The molecule has 2 rings (SSSR count). The summed E-state index contributed by atoms with van der Waals surface area (Å²) in [5, 5.41) is 15.6. The van der Waals surface area contributed by atoms with Crippen molar-refractivity contribution in [3.8, 4) is 0 Å². The molecular formula is C9H14N4O2S. The molecule has 0 bridgehead atoms. The summed E-state index contributed by atoms with van der Waals surface area (Å²) in [6, 6.07) is -0.0824. The van der Waals surface area contributed by atoms with E-state index >= 15 is 0 Å². The number of nitrogens with zero attached hydrogens (tertiary/aromatic N) is 2. The molecule has 3 atom stereocenters. The largest absolute Gasteiger partial charge is 0.392 e. The van der Waals surface area contributed by atoms with Gasteiger partial charge >= 0.3 is 0 Å². The lowest BCUT2D eigenvalue weighted by Crippen LogP contribution is -2.45. The van der Waals surface area contributed by atoms with Crippen LogP contribution in [0.1, 0.15) is 6.42 Å². The number of nitrogens with one attached hydrogen (secondary N) is 2. The molecule has 2 aliphatic rings. The van der Waals surface area contributed by atoms with Crippen LogP contribution >= 0.6 is 11.8 Å². The van der Waals surface area contributed by atoms with E-state index in [-0.39, 0.29) is 18.3 Å². The van der Waals surface area contributed by atoms with E-state index in [0.29, 0.717) is 25.2 Å². The minimum atomic E-state index is -0.370. The van der Waals surface area contributed by atoms with E-state index in [4.69, 9.17) is 0 Å². The Hall–Kier alpha value is -0.920. The van der Waals surface area contributed by atoms with E-state index in [9.17, 15) is 9.90 Å². The van der Waals surface area contributed by atoms with Gasteiger partial charge in [0.05, 0.1) is 17.7 Å². The van der Waals surface area contributed by atoms with Crippen LogP contribution in [0.2, 0.25) is 0 Å². The Bertz CT molecular complexity index is 321. The van der Waals surface area contributed by atoms with Crippen molar-refractivity contribution in [3.63, 3.8) is 0 Å². The van der Waals surface area contributed by atoms with Gasteiger partial charge in [-0.1, -0.05) is 0 Å². The van der Waals surface area contributed by atoms with E-state index < -0.39 is 0 Å². The van der Waals surface area contributed by atoms with Gasteiger partial charge in [-0.15, -0.1) is 11.8 Å². The Kier molecular flexibility index (Phi) is 3.92. The number of hydrogen-bond acceptors (Lipinski definition) is 5. The van der Waals surface area contributed by atoms with E-state index in [0.717, 1.165) is 5.75 Å². The summed E-state index contributed by atoms with van der Waals surface area (Å²) >= 11 is 1.62. The van der Waals surface area contributed by atoms with Crippen LogP contribution in [-0.4, -0.2) is 53.5 Å². The summed E-state index contributed by atoms with van der Waals surface area (Å²) < 4.78 is 0. The van der Waals surface area contributed by atoms with Gasteiger partial charge in [0.1, 0.15) is 12.0 Å². The molecule has 2 aliphatic heterocycles. The van der Waals surface area contributed by atoms with E-state index in [1.807, 2.05) is 0 Å². The summed E-state index contributed by atoms with van der Waals surface area (Å²) in [6.45, 7) is 0.535. The van der Waals surface area contributed by atoms with Gasteiger partial charge in [-0.05, 0) is 6.42 Å². The van der Waals surface area contributed by atoms with E-state index in [1.54, 1.807) is 17.3 Å². The van der Waals surface area contributed by atoms with Crippen molar-refractivity contribution in [1.29, 1.82) is 0 Å². The Balaban J connectivity index is 1.97. The highest BCUT2D eigenvalue weighted by Crippen LogP contribution is 2.11. The molecule has 7 heteroatoms. The SMILES string of the molecule is O=C/N=C(\NC1CSC=N1)C1C[C@@H](O)CN1. The molecule has 0 aliphatic carbocycles. The van der Waals surface area contributed by atoms with Crippen molar-refractivity contribution in [1.82, 2.24) is 10.6 Å². The normalized spacial score (nSPS) is 34.3. The molecule has 3 N–H and O–H groups in total. The lowest BCUT2D eigenvalue weighted by molar-refractivity contribution is -0.106. The molecule has 2 unspecified atom stereocenters. The Morgan fingerprint density at radius 1 is 1.75 bits per heavy atom. The smallest absolute Gasteiger partial charge is 0.234 e. The first-order chi connectivity index (χ1) is 7.79. The fraction of sp³-hybridized carbons (Fsp3) is 0.667. The highest BCUT2D eigenvalue weighted by atomic mass is 32.2. The number of hydrogen-bond donors (Lipinski definition) is 3. The number of aliphatic imine (C=N–C) groups is 2. The molecule has 1 fully saturated rings. The fourth-order valence-electron chi connectivity index (χ4n) is 1.75. The van der Waals surface area contributed by atoms with Gasteiger partial charge in [-0.2, -0.15) is 0 Å². The Labute approximate surface area is 97.6 Å². The lowest BCUT2D eigenvalue weighted by atomic mass is 10.2. The monoisotopic (exact) mass is 242 g/mol. The maximum atomic E-state index is 10.5. The number of amides is 1. The maximum Gasteiger partial charge on any atom is 0.234 e. The van der Waals surface area contributed by atoms with Crippen LogP contribution in [0.25, 0.3) is 0 Å². The van der Waals surface area contributed by atoms with E-state index in [1.165, 1.54) is 0 Å². The van der Waals surface area contributed by atoms with Crippen LogP contribution in [0.5, 0.6) is 0 Å². The number of rotatable bonds is 3. The quantitative estimate of drug-likeness (QED) is 0.334. The van der Waals surface area contributed by atoms with Gasteiger partial charge in [0, 0.05) is 12.3 Å². The molecule has 1 saturated heterocycles. The summed E-state index contributed by atoms with van der Waals surface area (Å²) in [4.78, 5) is 18.4. The van der Waals surface area contributed by atoms with Crippen molar-refractivity contribution in [2.75, 3.05) is 12.3 Å². The third kappa shape index (κ3) is 2.81. The number of aliphatic hydroxyl groups is 1. The molecule has 2 heterocycles. The number of amidine groups is 1. The molecule has 0 aromatic heterocycles. The minimum Gasteiger partial charge on any atom is -0.392 e. The molecule has 0 spiro atoms. The van der Waals surface area contributed by atoms with Crippen molar-refractivity contribution in [2.24, 2.45) is 9.98 Å². The molecule has 6 nitrogen and oxygen atoms in total. The first-order valence-electron chi connectivity index (χ1n) is 5.12. The third-order valence-corrected chi connectivity index (χ3v) is 3.29. The van der Waals surface area contributed by atoms with Gasteiger partial charge < -0.3 is 15.7 Å². The van der Waals surface area contributed by atoms with Gasteiger partial charge in [-0.3, -0.25) is 9.79 Å². The molecule has 0 radical (unpaired) electrons. The average Bonchev–Trinajstić information content (AvgIpc) is 2.88. The fourth-order valence-corrected chi connectivity index (χ4v) is 2.42. The van der Waals surface area contributed by atoms with Crippen LogP contribution < -0.4 is 10.6 Å². The Morgan fingerprint density at radius 2 is 2.62 bits per heavy atom. The first-order valence-corrected chi connectivity index (χ1v) is 6.17. The second-order valence-corrected chi connectivity index (χ2v) is 4.60. The number of thioether (sulfide) groups is 1. The summed E-state index contributed by atoms with van der Waals surface area (Å²) in [5.41, 5.74) is 1.78. The van der Waals surface area contributed by atoms with Crippen molar-refractivity contribution < 1.29 is 9.90 Å². The molecule has 88 valence electrons. The van der Waals surface area contributed by atoms with Crippen LogP contribution in [0.15, 0.2) is 9.98 Å². The van der Waals surface area contributed by atoms with E-state index in [2.05, 4.69) is 20.6 Å². The van der Waals surface area contributed by atoms with Gasteiger partial charge in [0.25, 0.3) is 0 Å². The predicted octanol–water partition coefficient (Wildman–Crippen LogP) is -1.05. The molecule has 16 heavy (non-hydrogen) atoms. The summed E-state index contributed by atoms with van der Waals surface area (Å²) in [6.07, 6.45) is 0.692. The third-order valence-electron chi connectivity index (χ3n) is 2.51. The second kappa shape index (κ2) is 5.42. The maximum absolute atomic E-state index is 10.5. The number of carbonyl (C=O) groups is 1. The lowest BCUT2D eigenvalue weighted by Gasteiger charge is -2.17. The zero-order chi connectivity index (χ0) is 11.4. The van der Waals surface area contributed by atoms with Crippen LogP contribution in [-0.2, 0) is 4.79 Å². The zero-order valence-corrected chi connectivity index (χ0v) is 9.48. The zero-order valence-electron chi connectivity index (χ0n) is 8.67. The minimum absolute atomic E-state index is 0.0248. The number of β-amino-alcohol motifs (C(OH)–C–C–N with tert-alkyl or cyclic N) is 1. The number of carbonyl (C=O) groups excluding carboxylic acids is 1. The van der Waals surface area contributed by atoms with Gasteiger partial charge in [0.15, 0.2) is 0 Å². The molecular weight excluding hydrogens is 228 g/mol. The number of aliphatic hydroxyl groups excluding tert-OH is 1. The molecule has 0 saturated carbocycles. The highest BCUT2D eigenvalue weighted by molar-refractivity contribution is 8.12. The van der Waals surface area contributed by atoms with Crippen LogP contribution in [0.4, 0.5) is 0 Å². The standard InChI is InChI=1S/C9H14N4O2S/c14-4-11-9(7-1-6(15)2-10-7)13-8-3-16-5-12-8/h4-8,10,15H,1-3H2,(H,11,13,14)/t6-,7?,8?/m1/s1. The highest BCUT2D eigenvalue weighted by Gasteiger charge is 2.28. The average molecular weight is 242 g/mol. The second-order valence-electron chi connectivity index (χ2n) is 3.72. The predicted molar refractivity (Wildman–Crippen MR) is 63.8 cm³/mol. The first kappa shape index (κ1) is 11.6. The summed E-state index contributed by atoms with van der Waals surface area (Å²) in [7, 11) is 0. The van der Waals surface area contributed by atoms with Crippen molar-refractivity contribution >= 4 is 29.6 Å². The topological polar surface area (TPSA) is 86.1 Å². The van der Waals surface area contributed by atoms with Crippen molar-refractivity contribution in [2.45, 2.75) is 24.7 Å². The molecule has 0 aromatic rings. The Morgan fingerprint density at radius 3 is 3.19 bits per heavy atom.